The van der Waals surface area contributed by atoms with E-state index in [0.29, 0.717) is 17.8 Å². The maximum atomic E-state index is 12.1. The molecule has 0 bridgehead atoms. The molecule has 0 amide bonds. The quantitative estimate of drug-likeness (QED) is 0.274. The molecule has 126 valence electrons. The van der Waals surface area contributed by atoms with Crippen molar-refractivity contribution in [3.63, 3.8) is 0 Å². The zero-order chi connectivity index (χ0) is 16.7. The first-order chi connectivity index (χ1) is 11.6. The molecule has 0 spiro atoms. The summed E-state index contributed by atoms with van der Waals surface area (Å²) in [5.74, 6) is 2.72. The molecule has 4 rings (SSSR count). The summed E-state index contributed by atoms with van der Waals surface area (Å²) in [6.45, 7) is 0. The van der Waals surface area contributed by atoms with E-state index < -0.39 is 11.1 Å². The number of nitrogens with zero attached hydrogens (tertiary/aromatic N) is 1. The van der Waals surface area contributed by atoms with E-state index in [9.17, 15) is 14.9 Å². The van der Waals surface area contributed by atoms with Crippen molar-refractivity contribution in [2.24, 2.45) is 23.7 Å². The monoisotopic (exact) mass is 329 g/mol. The van der Waals surface area contributed by atoms with Crippen LogP contribution in [0.1, 0.15) is 25.7 Å². The highest BCUT2D eigenvalue weighted by atomic mass is 16.7. The predicted octanol–water partition coefficient (Wildman–Crippen LogP) is 4.10. The van der Waals surface area contributed by atoms with Gasteiger partial charge < -0.3 is 9.47 Å². The van der Waals surface area contributed by atoms with Gasteiger partial charge in [0.05, 0.1) is 4.92 Å². The van der Waals surface area contributed by atoms with Gasteiger partial charge in [-0.1, -0.05) is 6.08 Å². The number of carbonyl (C=O) groups excluding carboxylic acids is 1. The van der Waals surface area contributed by atoms with E-state index >= 15 is 0 Å². The Morgan fingerprint density at radius 2 is 1.83 bits per heavy atom. The smallest absolute Gasteiger partial charge is 0.426 e. The van der Waals surface area contributed by atoms with Crippen LogP contribution in [0.4, 0.5) is 10.5 Å². The number of non-ortho nitro benzene ring substituents is 1. The van der Waals surface area contributed by atoms with Crippen molar-refractivity contribution in [1.82, 2.24) is 0 Å². The van der Waals surface area contributed by atoms with E-state index in [1.165, 1.54) is 43.5 Å². The van der Waals surface area contributed by atoms with Crippen LogP contribution in [0.15, 0.2) is 36.4 Å². The molecule has 6 heteroatoms. The Morgan fingerprint density at radius 1 is 1.08 bits per heavy atom. The van der Waals surface area contributed by atoms with Crippen LogP contribution in [-0.2, 0) is 4.74 Å². The van der Waals surface area contributed by atoms with Crippen LogP contribution in [0.3, 0.4) is 0 Å². The van der Waals surface area contributed by atoms with Gasteiger partial charge in [0.2, 0.25) is 0 Å². The second-order valence-corrected chi connectivity index (χ2v) is 6.89. The highest BCUT2D eigenvalue weighted by molar-refractivity contribution is 5.64. The van der Waals surface area contributed by atoms with Crippen LogP contribution >= 0.6 is 0 Å². The average Bonchev–Trinajstić information content (AvgIpc) is 3.16. The van der Waals surface area contributed by atoms with Crippen LogP contribution in [-0.4, -0.2) is 17.2 Å². The predicted molar refractivity (Wildman–Crippen MR) is 85.6 cm³/mol. The molecular weight excluding hydrogens is 310 g/mol. The van der Waals surface area contributed by atoms with E-state index in [-0.39, 0.29) is 17.5 Å². The molecule has 0 aromatic heterocycles. The molecule has 1 aromatic rings. The van der Waals surface area contributed by atoms with Crippen LogP contribution < -0.4 is 4.74 Å². The minimum Gasteiger partial charge on any atom is -0.426 e. The van der Waals surface area contributed by atoms with Gasteiger partial charge in [0.15, 0.2) is 0 Å². The van der Waals surface area contributed by atoms with Crippen molar-refractivity contribution < 1.29 is 19.2 Å². The Hall–Kier alpha value is -2.37. The zero-order valence-corrected chi connectivity index (χ0v) is 13.2. The van der Waals surface area contributed by atoms with Gasteiger partial charge in [-0.15, -0.1) is 0 Å². The number of carbonyl (C=O) groups is 1. The first kappa shape index (κ1) is 15.2. The summed E-state index contributed by atoms with van der Waals surface area (Å²) in [7, 11) is 0. The first-order valence-electron chi connectivity index (χ1n) is 8.43. The lowest BCUT2D eigenvalue weighted by Gasteiger charge is -2.32. The lowest BCUT2D eigenvalue weighted by Crippen LogP contribution is -2.34. The number of hydrogen-bond acceptors (Lipinski definition) is 5. The van der Waals surface area contributed by atoms with Crippen molar-refractivity contribution in [2.45, 2.75) is 31.8 Å². The minimum atomic E-state index is -0.751. The van der Waals surface area contributed by atoms with Gasteiger partial charge in [-0.25, -0.2) is 4.79 Å². The zero-order valence-electron chi connectivity index (χ0n) is 13.2. The van der Waals surface area contributed by atoms with Gasteiger partial charge in [-0.3, -0.25) is 10.1 Å². The second kappa shape index (κ2) is 5.92. The van der Waals surface area contributed by atoms with E-state index in [1.54, 1.807) is 0 Å². The molecule has 1 aromatic carbocycles. The normalized spacial score (nSPS) is 33.1. The maximum absolute atomic E-state index is 12.1. The van der Waals surface area contributed by atoms with Crippen molar-refractivity contribution in [3.05, 3.63) is 46.5 Å². The molecule has 0 aliphatic heterocycles. The molecule has 6 nitrogen and oxygen atoms in total. The van der Waals surface area contributed by atoms with Crippen LogP contribution in [0, 0.1) is 33.8 Å². The second-order valence-electron chi connectivity index (χ2n) is 6.89. The molecule has 0 heterocycles. The highest BCUT2D eigenvalue weighted by Gasteiger charge is 2.49. The van der Waals surface area contributed by atoms with Gasteiger partial charge in [0, 0.05) is 18.1 Å². The number of ether oxygens (including phenoxy) is 2. The number of nitro groups is 1. The van der Waals surface area contributed by atoms with E-state index in [2.05, 4.69) is 6.08 Å². The molecule has 2 fully saturated rings. The van der Waals surface area contributed by atoms with E-state index in [1.807, 2.05) is 6.08 Å². The van der Waals surface area contributed by atoms with Gasteiger partial charge >= 0.3 is 6.16 Å². The third-order valence-electron chi connectivity index (χ3n) is 5.73. The van der Waals surface area contributed by atoms with E-state index in [4.69, 9.17) is 9.47 Å². The lowest BCUT2D eigenvalue weighted by atomic mass is 9.77. The van der Waals surface area contributed by atoms with Gasteiger partial charge in [0.25, 0.3) is 5.69 Å². The van der Waals surface area contributed by atoms with Crippen molar-refractivity contribution >= 4 is 11.8 Å². The summed E-state index contributed by atoms with van der Waals surface area (Å²) in [6.07, 6.45) is 8.11. The molecule has 2 saturated carbocycles. The van der Waals surface area contributed by atoms with Crippen LogP contribution in [0.25, 0.3) is 0 Å². The molecule has 0 radical (unpaired) electrons. The Bertz CT molecular complexity index is 683. The molecule has 0 N–H and O–H groups in total. The molecular formula is C18H19NO5. The highest BCUT2D eigenvalue weighted by Crippen LogP contribution is 2.54. The Balaban J connectivity index is 1.39. The summed E-state index contributed by atoms with van der Waals surface area (Å²) < 4.78 is 10.7. The van der Waals surface area contributed by atoms with Gasteiger partial charge in [-0.05, 0) is 61.6 Å². The fraction of sp³-hybridized carbons (Fsp3) is 0.500. The number of benzene rings is 1. The third-order valence-corrected chi connectivity index (χ3v) is 5.73. The van der Waals surface area contributed by atoms with Crippen LogP contribution in [0.5, 0.6) is 5.75 Å². The topological polar surface area (TPSA) is 78.7 Å². The lowest BCUT2D eigenvalue weighted by molar-refractivity contribution is -0.384. The fourth-order valence-electron chi connectivity index (χ4n) is 4.74. The Kier molecular flexibility index (Phi) is 3.75. The number of nitro benzene ring substituents is 1. The SMILES string of the molecule is O=C(Oc1ccc([N+](=O)[O-])cc1)O[C@@H]1C=C[C@H]2CC[C@H]3CC[C@H]1[C@@H]32. The summed E-state index contributed by atoms with van der Waals surface area (Å²) in [5.41, 5.74) is -0.0461. The molecule has 3 aliphatic carbocycles. The van der Waals surface area contributed by atoms with Crippen LogP contribution in [0.2, 0.25) is 0 Å². The fourth-order valence-corrected chi connectivity index (χ4v) is 4.74. The molecule has 0 saturated heterocycles. The van der Waals surface area contributed by atoms with Crippen molar-refractivity contribution in [1.29, 1.82) is 0 Å². The third kappa shape index (κ3) is 2.66. The summed E-state index contributed by atoms with van der Waals surface area (Å²) in [6, 6.07) is 5.39. The maximum Gasteiger partial charge on any atom is 0.514 e. The van der Waals surface area contributed by atoms with Gasteiger partial charge in [0.1, 0.15) is 11.9 Å². The standard InChI is InChI=1S/C18H19NO5/c20-18(23-14-7-5-13(6-8-14)19(21)22)24-16-10-4-12-2-1-11-3-9-15(16)17(11)12/h4-8,10-12,15-17H,1-3,9H2/t11-,12+,15+,16+,17-/m0/s1. The number of allylic oxidation sites excluding steroid dienone is 1. The number of hydrogen-bond donors (Lipinski definition) is 0. The van der Waals surface area contributed by atoms with E-state index in [0.717, 1.165) is 12.3 Å². The Labute approximate surface area is 139 Å². The summed E-state index contributed by atoms with van der Waals surface area (Å²) in [5, 5.41) is 10.6. The van der Waals surface area contributed by atoms with Crippen molar-refractivity contribution in [3.8, 4) is 5.75 Å². The Morgan fingerprint density at radius 3 is 2.58 bits per heavy atom. The van der Waals surface area contributed by atoms with Crippen molar-refractivity contribution in [2.75, 3.05) is 0 Å². The largest absolute Gasteiger partial charge is 0.514 e. The summed E-state index contributed by atoms with van der Waals surface area (Å²) in [4.78, 5) is 22.2. The molecule has 5 atom stereocenters. The molecule has 24 heavy (non-hydrogen) atoms. The summed E-state index contributed by atoms with van der Waals surface area (Å²) >= 11 is 0. The minimum absolute atomic E-state index is 0.0461. The average molecular weight is 329 g/mol. The number of rotatable bonds is 3. The molecule has 0 unspecified atom stereocenters. The first-order valence-corrected chi connectivity index (χ1v) is 8.43. The van der Waals surface area contributed by atoms with Gasteiger partial charge in [-0.2, -0.15) is 0 Å². The molecule has 3 aliphatic rings.